The van der Waals surface area contributed by atoms with Crippen LogP contribution in [0.3, 0.4) is 0 Å². The minimum Gasteiger partial charge on any atom is -0.478 e. The third-order valence-electron chi connectivity index (χ3n) is 2.73. The Morgan fingerprint density at radius 2 is 2.05 bits per heavy atom. The summed E-state index contributed by atoms with van der Waals surface area (Å²) < 4.78 is 0. The molecule has 1 amide bonds. The quantitative estimate of drug-likeness (QED) is 0.453. The minimum atomic E-state index is -1.25. The molecule has 1 rings (SSSR count). The summed E-state index contributed by atoms with van der Waals surface area (Å²) in [7, 11) is 0. The lowest BCUT2D eigenvalue weighted by Crippen LogP contribution is -2.14. The first kappa shape index (κ1) is 15.6. The Bertz CT molecular complexity index is 527. The van der Waals surface area contributed by atoms with Crippen LogP contribution in [0.1, 0.15) is 43.0 Å². The molecule has 0 spiro atoms. The van der Waals surface area contributed by atoms with Crippen molar-refractivity contribution in [3.63, 3.8) is 0 Å². The second kappa shape index (κ2) is 7.22. The maximum absolute atomic E-state index is 11.7. The summed E-state index contributed by atoms with van der Waals surface area (Å²) in [6.07, 6.45) is 2.81. The zero-order valence-corrected chi connectivity index (χ0v) is 11.1. The van der Waals surface area contributed by atoms with Crippen molar-refractivity contribution in [2.24, 2.45) is 0 Å². The average molecular weight is 280 g/mol. The second-order valence-corrected chi connectivity index (χ2v) is 4.30. The molecule has 7 nitrogen and oxygen atoms in total. The highest BCUT2D eigenvalue weighted by atomic mass is 16.6. The fourth-order valence-electron chi connectivity index (χ4n) is 1.68. The monoisotopic (exact) mass is 280 g/mol. The molecule has 0 atom stereocenters. The number of carboxylic acids is 1. The molecule has 0 bridgehead atoms. The maximum atomic E-state index is 11.7. The fraction of sp³-hybridized carbons (Fsp3) is 0.385. The van der Waals surface area contributed by atoms with Gasteiger partial charge in [-0.25, -0.2) is 4.79 Å². The molecule has 0 aliphatic heterocycles. The molecule has 20 heavy (non-hydrogen) atoms. The van der Waals surface area contributed by atoms with Crippen LogP contribution in [0.25, 0.3) is 0 Å². The molecular weight excluding hydrogens is 264 g/mol. The summed E-state index contributed by atoms with van der Waals surface area (Å²) in [5.41, 5.74) is -0.480. The van der Waals surface area contributed by atoms with Crippen LogP contribution >= 0.6 is 0 Å². The van der Waals surface area contributed by atoms with Crippen molar-refractivity contribution in [3.05, 3.63) is 33.9 Å². The van der Waals surface area contributed by atoms with Crippen LogP contribution in [0.4, 0.5) is 11.4 Å². The summed E-state index contributed by atoms with van der Waals surface area (Å²) >= 11 is 0. The van der Waals surface area contributed by atoms with Gasteiger partial charge in [-0.15, -0.1) is 0 Å². The summed E-state index contributed by atoms with van der Waals surface area (Å²) in [6.45, 7) is 2.00. The number of anilines is 1. The number of carboxylic acid groups (broad SMARTS) is 1. The first-order valence-electron chi connectivity index (χ1n) is 6.27. The van der Waals surface area contributed by atoms with E-state index in [2.05, 4.69) is 5.32 Å². The Labute approximate surface area is 115 Å². The molecule has 0 aliphatic carbocycles. The number of unbranched alkanes of at least 4 members (excludes halogenated alkanes) is 2. The first-order valence-corrected chi connectivity index (χ1v) is 6.27. The number of nitrogens with zero attached hydrogens (tertiary/aromatic N) is 1. The predicted octanol–water partition coefficient (Wildman–Crippen LogP) is 2.81. The minimum absolute atomic E-state index is 0.0480. The van der Waals surface area contributed by atoms with E-state index in [0.717, 1.165) is 31.0 Å². The van der Waals surface area contributed by atoms with Crippen molar-refractivity contribution in [1.29, 1.82) is 0 Å². The van der Waals surface area contributed by atoms with E-state index in [-0.39, 0.29) is 29.3 Å². The van der Waals surface area contributed by atoms with Crippen molar-refractivity contribution in [2.75, 3.05) is 5.32 Å². The lowest BCUT2D eigenvalue weighted by atomic mass is 10.1. The van der Waals surface area contributed by atoms with Crippen LogP contribution in [-0.4, -0.2) is 21.9 Å². The number of carbonyl (C=O) groups excluding carboxylic acids is 1. The van der Waals surface area contributed by atoms with E-state index < -0.39 is 10.9 Å². The Kier molecular flexibility index (Phi) is 5.64. The van der Waals surface area contributed by atoms with Crippen LogP contribution in [-0.2, 0) is 4.79 Å². The van der Waals surface area contributed by atoms with Crippen LogP contribution in [0.5, 0.6) is 0 Å². The Morgan fingerprint density at radius 3 is 2.60 bits per heavy atom. The van der Waals surface area contributed by atoms with Gasteiger partial charge in [-0.2, -0.15) is 0 Å². The van der Waals surface area contributed by atoms with Gasteiger partial charge in [0.25, 0.3) is 5.69 Å². The van der Waals surface area contributed by atoms with Crippen molar-refractivity contribution in [1.82, 2.24) is 0 Å². The predicted molar refractivity (Wildman–Crippen MR) is 72.8 cm³/mol. The van der Waals surface area contributed by atoms with Crippen LogP contribution < -0.4 is 5.32 Å². The molecular formula is C13H16N2O5. The molecule has 0 saturated carbocycles. The van der Waals surface area contributed by atoms with Gasteiger partial charge in [0, 0.05) is 18.6 Å². The molecule has 0 fully saturated rings. The molecule has 1 aromatic rings. The van der Waals surface area contributed by atoms with Gasteiger partial charge in [0.15, 0.2) is 0 Å². The molecule has 0 aromatic heterocycles. The van der Waals surface area contributed by atoms with Crippen molar-refractivity contribution >= 4 is 23.3 Å². The Hall–Kier alpha value is -2.44. The standard InChI is InChI=1S/C13H16N2O5/c1-2-3-4-5-12(16)14-11-8-9(15(19)20)6-7-10(11)13(17)18/h6-8H,2-5H2,1H3,(H,14,16)(H,17,18). The van der Waals surface area contributed by atoms with Crippen molar-refractivity contribution < 1.29 is 19.6 Å². The molecule has 0 aliphatic rings. The number of aromatic carboxylic acids is 1. The summed E-state index contributed by atoms with van der Waals surface area (Å²) in [6, 6.07) is 3.26. The highest BCUT2D eigenvalue weighted by Crippen LogP contribution is 2.23. The van der Waals surface area contributed by atoms with Crippen molar-refractivity contribution in [3.8, 4) is 0 Å². The van der Waals surface area contributed by atoms with E-state index in [1.807, 2.05) is 6.92 Å². The Morgan fingerprint density at radius 1 is 1.35 bits per heavy atom. The molecule has 2 N–H and O–H groups in total. The zero-order chi connectivity index (χ0) is 15.1. The number of amides is 1. The lowest BCUT2D eigenvalue weighted by molar-refractivity contribution is -0.384. The van der Waals surface area contributed by atoms with Crippen LogP contribution in [0.2, 0.25) is 0 Å². The molecule has 0 saturated heterocycles. The number of hydrogen-bond donors (Lipinski definition) is 2. The van der Waals surface area contributed by atoms with E-state index >= 15 is 0 Å². The SMILES string of the molecule is CCCCCC(=O)Nc1cc([N+](=O)[O-])ccc1C(=O)O. The summed E-state index contributed by atoms with van der Waals surface area (Å²) in [4.78, 5) is 32.7. The lowest BCUT2D eigenvalue weighted by Gasteiger charge is -2.08. The van der Waals surface area contributed by atoms with E-state index in [9.17, 15) is 19.7 Å². The highest BCUT2D eigenvalue weighted by molar-refractivity contribution is 6.01. The van der Waals surface area contributed by atoms with Gasteiger partial charge in [-0.1, -0.05) is 19.8 Å². The van der Waals surface area contributed by atoms with Crippen LogP contribution in [0, 0.1) is 10.1 Å². The van der Waals surface area contributed by atoms with E-state index in [0.29, 0.717) is 6.42 Å². The largest absolute Gasteiger partial charge is 0.478 e. The number of nitrogens with one attached hydrogen (secondary N) is 1. The fourth-order valence-corrected chi connectivity index (χ4v) is 1.68. The molecule has 0 radical (unpaired) electrons. The van der Waals surface area contributed by atoms with E-state index in [1.165, 1.54) is 0 Å². The van der Waals surface area contributed by atoms with Gasteiger partial charge in [-0.3, -0.25) is 14.9 Å². The molecule has 0 unspecified atom stereocenters. The molecule has 0 heterocycles. The highest BCUT2D eigenvalue weighted by Gasteiger charge is 2.16. The van der Waals surface area contributed by atoms with Gasteiger partial charge in [0.2, 0.25) is 5.91 Å². The normalized spacial score (nSPS) is 10.1. The van der Waals surface area contributed by atoms with E-state index in [4.69, 9.17) is 5.11 Å². The Balaban J connectivity index is 2.90. The summed E-state index contributed by atoms with van der Waals surface area (Å²) in [5.74, 6) is -1.59. The van der Waals surface area contributed by atoms with Gasteiger partial charge < -0.3 is 10.4 Å². The van der Waals surface area contributed by atoms with E-state index in [1.54, 1.807) is 0 Å². The summed E-state index contributed by atoms with van der Waals surface area (Å²) in [5, 5.41) is 22.1. The topological polar surface area (TPSA) is 110 Å². The maximum Gasteiger partial charge on any atom is 0.337 e. The second-order valence-electron chi connectivity index (χ2n) is 4.30. The number of nitro groups is 1. The number of nitro benzene ring substituents is 1. The number of hydrogen-bond acceptors (Lipinski definition) is 4. The smallest absolute Gasteiger partial charge is 0.337 e. The van der Waals surface area contributed by atoms with Crippen molar-refractivity contribution in [2.45, 2.75) is 32.6 Å². The number of rotatable bonds is 7. The average Bonchev–Trinajstić information content (AvgIpc) is 2.38. The van der Waals surface area contributed by atoms with Crippen LogP contribution in [0.15, 0.2) is 18.2 Å². The zero-order valence-electron chi connectivity index (χ0n) is 11.1. The number of benzene rings is 1. The third kappa shape index (κ3) is 4.34. The molecule has 7 heteroatoms. The van der Waals surface area contributed by atoms with Gasteiger partial charge in [-0.05, 0) is 12.5 Å². The number of non-ortho nitro benzene ring substituents is 1. The van der Waals surface area contributed by atoms with Gasteiger partial charge in [0.05, 0.1) is 16.2 Å². The molecule has 1 aromatic carbocycles. The van der Waals surface area contributed by atoms with Gasteiger partial charge >= 0.3 is 5.97 Å². The van der Waals surface area contributed by atoms with Gasteiger partial charge in [0.1, 0.15) is 0 Å². The third-order valence-corrected chi connectivity index (χ3v) is 2.73. The molecule has 108 valence electrons. The number of carbonyl (C=O) groups is 2. The first-order chi connectivity index (χ1) is 9.45.